The number of morpholine rings is 1. The minimum absolute atomic E-state index is 0.118. The van der Waals surface area contributed by atoms with Crippen molar-refractivity contribution in [3.8, 4) is 0 Å². The standard InChI is InChI=1S/C15H18N2O3/c18-14-3-1-2-10-4-5-11(8-12(10)14)17-15(19)13-9-20-7-6-16-13/h4-5,8,13,16H,1-3,6-7,9H2,(H,17,19). The van der Waals surface area contributed by atoms with Gasteiger partial charge in [-0.1, -0.05) is 6.07 Å². The first kappa shape index (κ1) is 13.3. The number of amides is 1. The molecule has 5 nitrogen and oxygen atoms in total. The van der Waals surface area contributed by atoms with Gasteiger partial charge in [0.15, 0.2) is 5.78 Å². The van der Waals surface area contributed by atoms with Gasteiger partial charge in [-0.05, 0) is 30.5 Å². The number of rotatable bonds is 2. The summed E-state index contributed by atoms with van der Waals surface area (Å²) in [4.78, 5) is 24.0. The lowest BCUT2D eigenvalue weighted by atomic mass is 9.90. The van der Waals surface area contributed by atoms with Crippen molar-refractivity contribution in [3.63, 3.8) is 0 Å². The maximum atomic E-state index is 12.1. The molecule has 1 aliphatic heterocycles. The largest absolute Gasteiger partial charge is 0.378 e. The van der Waals surface area contributed by atoms with E-state index < -0.39 is 0 Å². The van der Waals surface area contributed by atoms with Gasteiger partial charge < -0.3 is 15.4 Å². The van der Waals surface area contributed by atoms with E-state index in [1.165, 1.54) is 0 Å². The smallest absolute Gasteiger partial charge is 0.243 e. The molecule has 1 atom stereocenters. The molecule has 0 saturated carbocycles. The summed E-state index contributed by atoms with van der Waals surface area (Å²) in [7, 11) is 0. The molecule has 1 heterocycles. The van der Waals surface area contributed by atoms with Crippen molar-refractivity contribution < 1.29 is 14.3 Å². The molecule has 0 aromatic heterocycles. The third-order valence-electron chi connectivity index (χ3n) is 3.77. The van der Waals surface area contributed by atoms with Crippen molar-refractivity contribution in [1.82, 2.24) is 5.32 Å². The first-order valence-electron chi connectivity index (χ1n) is 7.02. The number of carbonyl (C=O) groups is 2. The summed E-state index contributed by atoms with van der Waals surface area (Å²) in [5.41, 5.74) is 2.51. The molecule has 1 aliphatic carbocycles. The van der Waals surface area contributed by atoms with Gasteiger partial charge in [0.25, 0.3) is 0 Å². The van der Waals surface area contributed by atoms with Gasteiger partial charge in [0.1, 0.15) is 6.04 Å². The predicted molar refractivity (Wildman–Crippen MR) is 74.9 cm³/mol. The molecular weight excluding hydrogens is 256 g/mol. The number of Topliss-reactive ketones (excluding diaryl/α,β-unsaturated/α-hetero) is 1. The average Bonchev–Trinajstić information content (AvgIpc) is 2.49. The number of hydrogen-bond donors (Lipinski definition) is 2. The minimum atomic E-state index is -0.324. The van der Waals surface area contributed by atoms with Crippen LogP contribution in [0.5, 0.6) is 0 Å². The maximum Gasteiger partial charge on any atom is 0.243 e. The van der Waals surface area contributed by atoms with Crippen LogP contribution in [-0.2, 0) is 16.0 Å². The summed E-state index contributed by atoms with van der Waals surface area (Å²) in [6, 6.07) is 5.26. The zero-order chi connectivity index (χ0) is 13.9. The third-order valence-corrected chi connectivity index (χ3v) is 3.77. The molecule has 2 N–H and O–H groups in total. The number of carbonyl (C=O) groups excluding carboxylic acids is 2. The van der Waals surface area contributed by atoms with E-state index in [0.29, 0.717) is 31.9 Å². The van der Waals surface area contributed by atoms with Crippen LogP contribution in [-0.4, -0.2) is 37.5 Å². The number of ketones is 1. The third kappa shape index (κ3) is 2.73. The predicted octanol–water partition coefficient (Wildman–Crippen LogP) is 1.13. The van der Waals surface area contributed by atoms with Crippen LogP contribution in [0.4, 0.5) is 5.69 Å². The number of hydrogen-bond acceptors (Lipinski definition) is 4. The van der Waals surface area contributed by atoms with E-state index in [0.717, 1.165) is 24.0 Å². The van der Waals surface area contributed by atoms with Crippen molar-refractivity contribution in [2.45, 2.75) is 25.3 Å². The summed E-state index contributed by atoms with van der Waals surface area (Å²) in [6.45, 7) is 1.70. The fourth-order valence-electron chi connectivity index (χ4n) is 2.67. The van der Waals surface area contributed by atoms with E-state index in [-0.39, 0.29) is 17.7 Å². The normalized spacial score (nSPS) is 22.2. The SMILES string of the molecule is O=C1CCCc2ccc(NC(=O)C3COCCN3)cc21. The highest BCUT2D eigenvalue weighted by molar-refractivity contribution is 6.01. The van der Waals surface area contributed by atoms with Crippen molar-refractivity contribution >= 4 is 17.4 Å². The fourth-order valence-corrected chi connectivity index (χ4v) is 2.67. The zero-order valence-electron chi connectivity index (χ0n) is 11.3. The Morgan fingerprint density at radius 3 is 3.05 bits per heavy atom. The molecule has 1 unspecified atom stereocenters. The Morgan fingerprint density at radius 2 is 2.25 bits per heavy atom. The number of ether oxygens (including phenoxy) is 1. The average molecular weight is 274 g/mol. The van der Waals surface area contributed by atoms with Crippen LogP contribution in [0, 0.1) is 0 Å². The van der Waals surface area contributed by atoms with E-state index in [4.69, 9.17) is 4.74 Å². The minimum Gasteiger partial charge on any atom is -0.378 e. The Kier molecular flexibility index (Phi) is 3.80. The van der Waals surface area contributed by atoms with E-state index in [1.54, 1.807) is 6.07 Å². The monoisotopic (exact) mass is 274 g/mol. The Balaban J connectivity index is 1.72. The van der Waals surface area contributed by atoms with Crippen LogP contribution in [0.3, 0.4) is 0 Å². The van der Waals surface area contributed by atoms with Crippen LogP contribution in [0.15, 0.2) is 18.2 Å². The fraction of sp³-hybridized carbons (Fsp3) is 0.467. The molecule has 3 rings (SSSR count). The molecule has 1 aromatic rings. The molecule has 0 bridgehead atoms. The van der Waals surface area contributed by atoms with Gasteiger partial charge in [-0.25, -0.2) is 0 Å². The molecule has 1 fully saturated rings. The van der Waals surface area contributed by atoms with Gasteiger partial charge >= 0.3 is 0 Å². The molecule has 106 valence electrons. The lowest BCUT2D eigenvalue weighted by molar-refractivity contribution is -0.120. The van der Waals surface area contributed by atoms with E-state index in [9.17, 15) is 9.59 Å². The second-order valence-electron chi connectivity index (χ2n) is 5.22. The molecule has 5 heteroatoms. The van der Waals surface area contributed by atoms with Gasteiger partial charge in [0, 0.05) is 24.2 Å². The molecule has 1 aromatic carbocycles. The number of nitrogens with one attached hydrogen (secondary N) is 2. The highest BCUT2D eigenvalue weighted by atomic mass is 16.5. The molecule has 2 aliphatic rings. The van der Waals surface area contributed by atoms with Crippen molar-refractivity contribution in [3.05, 3.63) is 29.3 Å². The van der Waals surface area contributed by atoms with E-state index in [2.05, 4.69) is 10.6 Å². The van der Waals surface area contributed by atoms with Crippen LogP contribution >= 0.6 is 0 Å². The van der Waals surface area contributed by atoms with Crippen molar-refractivity contribution in [2.24, 2.45) is 0 Å². The van der Waals surface area contributed by atoms with Gasteiger partial charge in [-0.3, -0.25) is 9.59 Å². The van der Waals surface area contributed by atoms with Crippen molar-refractivity contribution in [1.29, 1.82) is 0 Å². The molecule has 20 heavy (non-hydrogen) atoms. The first-order valence-corrected chi connectivity index (χ1v) is 7.02. The molecule has 0 radical (unpaired) electrons. The highest BCUT2D eigenvalue weighted by Crippen LogP contribution is 2.24. The molecule has 1 saturated heterocycles. The Hall–Kier alpha value is -1.72. The molecular formula is C15H18N2O3. The summed E-state index contributed by atoms with van der Waals surface area (Å²) in [5, 5.41) is 5.95. The second-order valence-corrected chi connectivity index (χ2v) is 5.22. The van der Waals surface area contributed by atoms with Crippen LogP contribution < -0.4 is 10.6 Å². The van der Waals surface area contributed by atoms with Gasteiger partial charge in [0.2, 0.25) is 5.91 Å². The van der Waals surface area contributed by atoms with E-state index in [1.807, 2.05) is 12.1 Å². The summed E-state index contributed by atoms with van der Waals surface area (Å²) >= 11 is 0. The highest BCUT2D eigenvalue weighted by Gasteiger charge is 2.22. The Labute approximate surface area is 117 Å². The molecule has 0 spiro atoms. The number of benzene rings is 1. The van der Waals surface area contributed by atoms with Gasteiger partial charge in [0.05, 0.1) is 13.2 Å². The Morgan fingerprint density at radius 1 is 1.35 bits per heavy atom. The quantitative estimate of drug-likeness (QED) is 0.848. The van der Waals surface area contributed by atoms with Crippen molar-refractivity contribution in [2.75, 3.05) is 25.1 Å². The number of anilines is 1. The summed E-state index contributed by atoms with van der Waals surface area (Å²) in [6.07, 6.45) is 2.45. The maximum absolute atomic E-state index is 12.1. The zero-order valence-corrected chi connectivity index (χ0v) is 11.3. The first-order chi connectivity index (χ1) is 9.74. The van der Waals surface area contributed by atoms with Gasteiger partial charge in [-0.15, -0.1) is 0 Å². The topological polar surface area (TPSA) is 67.4 Å². The lowest BCUT2D eigenvalue weighted by Crippen LogP contribution is -2.48. The second kappa shape index (κ2) is 5.73. The number of fused-ring (bicyclic) bond motifs is 1. The van der Waals surface area contributed by atoms with Crippen LogP contribution in [0.2, 0.25) is 0 Å². The van der Waals surface area contributed by atoms with Crippen LogP contribution in [0.1, 0.15) is 28.8 Å². The number of aryl methyl sites for hydroxylation is 1. The Bertz CT molecular complexity index is 536. The summed E-state index contributed by atoms with van der Waals surface area (Å²) < 4.78 is 5.27. The van der Waals surface area contributed by atoms with Gasteiger partial charge in [-0.2, -0.15) is 0 Å². The van der Waals surface area contributed by atoms with Crippen LogP contribution in [0.25, 0.3) is 0 Å². The lowest BCUT2D eigenvalue weighted by Gasteiger charge is -2.23. The van der Waals surface area contributed by atoms with E-state index >= 15 is 0 Å². The molecule has 1 amide bonds. The summed E-state index contributed by atoms with van der Waals surface area (Å²) in [5.74, 6) is 0.0504.